The molecule has 0 bridgehead atoms. The number of nitrogens with zero attached hydrogens (tertiary/aromatic N) is 1. The molecule has 0 fully saturated rings. The Balaban J connectivity index is 1.95. The number of thiazole rings is 1. The second-order valence-electron chi connectivity index (χ2n) is 5.07. The zero-order chi connectivity index (χ0) is 14.2. The van der Waals surface area contributed by atoms with E-state index in [9.17, 15) is 0 Å². The van der Waals surface area contributed by atoms with Gasteiger partial charge in [-0.25, -0.2) is 0 Å². The molecule has 2 nitrogen and oxygen atoms in total. The molecule has 0 aliphatic rings. The van der Waals surface area contributed by atoms with Crippen LogP contribution in [0.25, 0.3) is 0 Å². The van der Waals surface area contributed by atoms with E-state index in [0.717, 1.165) is 30.4 Å². The molecular weight excluding hydrogens is 332 g/mol. The Kier molecular flexibility index (Phi) is 6.70. The summed E-state index contributed by atoms with van der Waals surface area (Å²) in [6, 6.07) is 8.67. The fraction of sp³-hybridized carbons (Fsp3) is 0.438. The van der Waals surface area contributed by atoms with Gasteiger partial charge in [0.15, 0.2) is 0 Å². The summed E-state index contributed by atoms with van der Waals surface area (Å²) in [7, 11) is 0. The number of hydrogen-bond acceptors (Lipinski definition) is 3. The Hall–Kier alpha value is -0.710. The minimum atomic E-state index is 0.628. The van der Waals surface area contributed by atoms with Crippen LogP contribution < -0.4 is 5.32 Å². The summed E-state index contributed by atoms with van der Waals surface area (Å²) >= 11 is 5.25. The first-order valence-corrected chi connectivity index (χ1v) is 8.77. The molecule has 0 spiro atoms. The third-order valence-electron chi connectivity index (χ3n) is 3.27. The van der Waals surface area contributed by atoms with Crippen LogP contribution in [0.5, 0.6) is 0 Å². The summed E-state index contributed by atoms with van der Waals surface area (Å²) in [5.41, 5.74) is 3.33. The second-order valence-corrected chi connectivity index (χ2v) is 6.96. The first-order valence-electron chi connectivity index (χ1n) is 7.10. The number of nitrogens with one attached hydrogen (secondary N) is 1. The molecular formula is C16H21BrN2S. The molecule has 1 atom stereocenters. The zero-order valence-corrected chi connectivity index (χ0v) is 14.2. The van der Waals surface area contributed by atoms with Crippen molar-refractivity contribution in [3.05, 3.63) is 50.9 Å². The van der Waals surface area contributed by atoms with Crippen LogP contribution >= 0.6 is 27.3 Å². The Morgan fingerprint density at radius 1 is 1.25 bits per heavy atom. The summed E-state index contributed by atoms with van der Waals surface area (Å²) in [4.78, 5) is 5.56. The first-order chi connectivity index (χ1) is 9.78. The van der Waals surface area contributed by atoms with Crippen LogP contribution in [0.1, 0.15) is 23.8 Å². The number of benzene rings is 1. The highest BCUT2D eigenvalue weighted by atomic mass is 79.9. The minimum Gasteiger partial charge on any atom is -0.316 e. The predicted octanol–water partition coefficient (Wildman–Crippen LogP) is 4.31. The molecule has 0 aliphatic carbocycles. The zero-order valence-electron chi connectivity index (χ0n) is 11.8. The maximum atomic E-state index is 4.18. The Morgan fingerprint density at radius 3 is 2.70 bits per heavy atom. The van der Waals surface area contributed by atoms with E-state index in [2.05, 4.69) is 57.4 Å². The van der Waals surface area contributed by atoms with Crippen LogP contribution in [0.4, 0.5) is 0 Å². The Bertz CT molecular complexity index is 482. The van der Waals surface area contributed by atoms with Crippen molar-refractivity contribution in [2.75, 3.05) is 13.1 Å². The average molecular weight is 353 g/mol. The lowest BCUT2D eigenvalue weighted by atomic mass is 9.95. The molecule has 1 heterocycles. The van der Waals surface area contributed by atoms with Gasteiger partial charge in [0.25, 0.3) is 0 Å². The standard InChI is InChI=1S/C16H21BrN2S/c1-2-7-18-10-14(9-16-11-19-12-20-16)8-13-3-5-15(17)6-4-13/h3-6,11-12,14,18H,2,7-10H2,1H3. The highest BCUT2D eigenvalue weighted by Crippen LogP contribution is 2.18. The number of aromatic nitrogens is 1. The van der Waals surface area contributed by atoms with Crippen molar-refractivity contribution in [1.82, 2.24) is 10.3 Å². The molecule has 1 aromatic heterocycles. The summed E-state index contributed by atoms with van der Waals surface area (Å²) in [5.74, 6) is 0.628. The number of halogens is 1. The van der Waals surface area contributed by atoms with Crippen LogP contribution in [-0.2, 0) is 12.8 Å². The van der Waals surface area contributed by atoms with Crippen molar-refractivity contribution in [1.29, 1.82) is 0 Å². The summed E-state index contributed by atoms with van der Waals surface area (Å²) in [6.45, 7) is 4.38. The molecule has 1 N–H and O–H groups in total. The smallest absolute Gasteiger partial charge is 0.0794 e. The van der Waals surface area contributed by atoms with Gasteiger partial charge in [-0.05, 0) is 56.0 Å². The van der Waals surface area contributed by atoms with Gasteiger partial charge in [-0.1, -0.05) is 35.0 Å². The molecule has 4 heteroatoms. The van der Waals surface area contributed by atoms with Gasteiger partial charge in [0.1, 0.15) is 0 Å². The van der Waals surface area contributed by atoms with E-state index in [0.29, 0.717) is 5.92 Å². The monoisotopic (exact) mass is 352 g/mol. The van der Waals surface area contributed by atoms with E-state index in [1.54, 1.807) is 11.3 Å². The van der Waals surface area contributed by atoms with Crippen LogP contribution in [0, 0.1) is 5.92 Å². The Morgan fingerprint density at radius 2 is 2.05 bits per heavy atom. The predicted molar refractivity (Wildman–Crippen MR) is 90.3 cm³/mol. The van der Waals surface area contributed by atoms with E-state index in [4.69, 9.17) is 0 Å². The fourth-order valence-corrected chi connectivity index (χ4v) is 3.26. The second kappa shape index (κ2) is 8.55. The van der Waals surface area contributed by atoms with E-state index in [1.165, 1.54) is 16.9 Å². The van der Waals surface area contributed by atoms with Gasteiger partial charge in [-0.2, -0.15) is 0 Å². The molecule has 2 rings (SSSR count). The third kappa shape index (κ3) is 5.35. The fourth-order valence-electron chi connectivity index (χ4n) is 2.28. The van der Waals surface area contributed by atoms with Gasteiger partial charge in [-0.3, -0.25) is 4.98 Å². The molecule has 1 aromatic carbocycles. The minimum absolute atomic E-state index is 0.628. The van der Waals surface area contributed by atoms with Crippen molar-refractivity contribution in [3.8, 4) is 0 Å². The normalized spacial score (nSPS) is 12.5. The van der Waals surface area contributed by atoms with Crippen LogP contribution in [0.3, 0.4) is 0 Å². The molecule has 0 saturated carbocycles. The highest BCUT2D eigenvalue weighted by molar-refractivity contribution is 9.10. The largest absolute Gasteiger partial charge is 0.316 e. The van der Waals surface area contributed by atoms with E-state index >= 15 is 0 Å². The van der Waals surface area contributed by atoms with Crippen LogP contribution in [0.15, 0.2) is 40.4 Å². The topological polar surface area (TPSA) is 24.9 Å². The van der Waals surface area contributed by atoms with E-state index in [1.807, 2.05) is 11.7 Å². The summed E-state index contributed by atoms with van der Waals surface area (Å²) in [6.07, 6.45) is 5.41. The van der Waals surface area contributed by atoms with Crippen molar-refractivity contribution in [2.24, 2.45) is 5.92 Å². The average Bonchev–Trinajstić information content (AvgIpc) is 2.94. The lowest BCUT2D eigenvalue weighted by Gasteiger charge is -2.17. The molecule has 0 radical (unpaired) electrons. The van der Waals surface area contributed by atoms with Gasteiger partial charge in [0.05, 0.1) is 5.51 Å². The van der Waals surface area contributed by atoms with Crippen LogP contribution in [-0.4, -0.2) is 18.1 Å². The molecule has 2 aromatic rings. The van der Waals surface area contributed by atoms with Gasteiger partial charge >= 0.3 is 0 Å². The molecule has 0 amide bonds. The van der Waals surface area contributed by atoms with E-state index in [-0.39, 0.29) is 0 Å². The van der Waals surface area contributed by atoms with Crippen molar-refractivity contribution in [3.63, 3.8) is 0 Å². The lowest BCUT2D eigenvalue weighted by Crippen LogP contribution is -2.26. The maximum absolute atomic E-state index is 4.18. The summed E-state index contributed by atoms with van der Waals surface area (Å²) < 4.78 is 1.14. The van der Waals surface area contributed by atoms with Crippen molar-refractivity contribution >= 4 is 27.3 Å². The number of hydrogen-bond donors (Lipinski definition) is 1. The first kappa shape index (κ1) is 15.7. The Labute approximate surface area is 133 Å². The van der Waals surface area contributed by atoms with Crippen molar-refractivity contribution < 1.29 is 0 Å². The third-order valence-corrected chi connectivity index (χ3v) is 4.60. The van der Waals surface area contributed by atoms with Gasteiger partial charge in [-0.15, -0.1) is 11.3 Å². The van der Waals surface area contributed by atoms with Gasteiger partial charge in [0.2, 0.25) is 0 Å². The van der Waals surface area contributed by atoms with Crippen molar-refractivity contribution in [2.45, 2.75) is 26.2 Å². The molecule has 0 saturated heterocycles. The van der Waals surface area contributed by atoms with Crippen LogP contribution in [0.2, 0.25) is 0 Å². The molecule has 108 valence electrons. The molecule has 1 unspecified atom stereocenters. The maximum Gasteiger partial charge on any atom is 0.0794 e. The van der Waals surface area contributed by atoms with Gasteiger partial charge in [0, 0.05) is 15.5 Å². The van der Waals surface area contributed by atoms with Gasteiger partial charge < -0.3 is 5.32 Å². The number of rotatable bonds is 8. The quantitative estimate of drug-likeness (QED) is 0.716. The highest BCUT2D eigenvalue weighted by Gasteiger charge is 2.11. The molecule has 0 aliphatic heterocycles. The SMILES string of the molecule is CCCNCC(Cc1ccc(Br)cc1)Cc1cncs1. The summed E-state index contributed by atoms with van der Waals surface area (Å²) in [5, 5.41) is 3.55. The van der Waals surface area contributed by atoms with E-state index < -0.39 is 0 Å². The molecule has 20 heavy (non-hydrogen) atoms. The lowest BCUT2D eigenvalue weighted by molar-refractivity contribution is 0.473.